The van der Waals surface area contributed by atoms with Gasteiger partial charge in [-0.25, -0.2) is 0 Å². The highest BCUT2D eigenvalue weighted by atomic mass is 32.2. The summed E-state index contributed by atoms with van der Waals surface area (Å²) in [5.41, 5.74) is 1.44. The molecule has 126 valence electrons. The van der Waals surface area contributed by atoms with Crippen molar-refractivity contribution in [2.75, 3.05) is 37.5 Å². The van der Waals surface area contributed by atoms with Gasteiger partial charge in [0.05, 0.1) is 5.69 Å². The van der Waals surface area contributed by atoms with E-state index in [1.165, 1.54) is 0 Å². The Bertz CT molecular complexity index is 575. The summed E-state index contributed by atoms with van der Waals surface area (Å²) in [7, 11) is 1.64. The van der Waals surface area contributed by atoms with Crippen molar-refractivity contribution in [3.05, 3.63) is 23.8 Å². The van der Waals surface area contributed by atoms with Crippen molar-refractivity contribution >= 4 is 29.3 Å². The second-order valence-corrected chi connectivity index (χ2v) is 6.91. The standard InChI is InChI=1S/C17H24N2O3S/c1-12(2)17(21)19-8-10-23-15-6-5-13(11-14(15)19)16(20)18-7-4-9-22-3/h5-6,11-12H,4,7-10H2,1-3H3,(H,18,20). The van der Waals surface area contributed by atoms with Crippen LogP contribution in [0.15, 0.2) is 23.1 Å². The number of carbonyl (C=O) groups is 2. The van der Waals surface area contributed by atoms with E-state index >= 15 is 0 Å². The van der Waals surface area contributed by atoms with Gasteiger partial charge in [0.15, 0.2) is 0 Å². The van der Waals surface area contributed by atoms with Crippen LogP contribution in [-0.2, 0) is 9.53 Å². The lowest BCUT2D eigenvalue weighted by Crippen LogP contribution is -2.38. The SMILES string of the molecule is COCCCNC(=O)c1ccc2c(c1)N(C(=O)C(C)C)CCS2. The van der Waals surface area contributed by atoms with Crippen LogP contribution >= 0.6 is 11.8 Å². The number of hydrogen-bond donors (Lipinski definition) is 1. The molecule has 1 N–H and O–H groups in total. The van der Waals surface area contributed by atoms with Gasteiger partial charge in [-0.2, -0.15) is 0 Å². The first-order valence-corrected chi connectivity index (χ1v) is 8.88. The van der Waals surface area contributed by atoms with Crippen molar-refractivity contribution in [3.8, 4) is 0 Å². The molecule has 2 amide bonds. The minimum Gasteiger partial charge on any atom is -0.385 e. The molecule has 1 aliphatic heterocycles. The lowest BCUT2D eigenvalue weighted by atomic mass is 10.1. The van der Waals surface area contributed by atoms with Crippen LogP contribution in [0.4, 0.5) is 5.69 Å². The van der Waals surface area contributed by atoms with E-state index in [1.807, 2.05) is 32.0 Å². The number of nitrogens with zero attached hydrogens (tertiary/aromatic N) is 1. The quantitative estimate of drug-likeness (QED) is 0.811. The van der Waals surface area contributed by atoms with Crippen LogP contribution < -0.4 is 10.2 Å². The zero-order valence-corrected chi connectivity index (χ0v) is 14.7. The molecule has 0 spiro atoms. The van der Waals surface area contributed by atoms with Gasteiger partial charge in [-0.15, -0.1) is 11.8 Å². The summed E-state index contributed by atoms with van der Waals surface area (Å²) in [6.07, 6.45) is 0.779. The monoisotopic (exact) mass is 336 g/mol. The average Bonchev–Trinajstić information content (AvgIpc) is 2.56. The summed E-state index contributed by atoms with van der Waals surface area (Å²) in [5.74, 6) is 0.812. The molecule has 0 saturated carbocycles. The molecule has 1 heterocycles. The topological polar surface area (TPSA) is 58.6 Å². The normalized spacial score (nSPS) is 13.8. The molecule has 0 fully saturated rings. The molecule has 0 bridgehead atoms. The van der Waals surface area contributed by atoms with Gasteiger partial charge in [0.2, 0.25) is 5.91 Å². The number of hydrogen-bond acceptors (Lipinski definition) is 4. The number of thioether (sulfide) groups is 1. The van der Waals surface area contributed by atoms with E-state index in [9.17, 15) is 9.59 Å². The Morgan fingerprint density at radius 1 is 1.39 bits per heavy atom. The molecule has 5 nitrogen and oxygen atoms in total. The van der Waals surface area contributed by atoms with Gasteiger partial charge in [0.1, 0.15) is 0 Å². The van der Waals surface area contributed by atoms with Gasteiger partial charge in [-0.1, -0.05) is 13.8 Å². The van der Waals surface area contributed by atoms with Gasteiger partial charge in [0.25, 0.3) is 5.91 Å². The molecule has 0 radical (unpaired) electrons. The number of anilines is 1. The Hall–Kier alpha value is -1.53. The molecule has 0 unspecified atom stereocenters. The third-order valence-electron chi connectivity index (χ3n) is 3.66. The van der Waals surface area contributed by atoms with E-state index in [0.717, 1.165) is 22.8 Å². The minimum atomic E-state index is -0.114. The van der Waals surface area contributed by atoms with Gasteiger partial charge >= 0.3 is 0 Å². The molecule has 0 saturated heterocycles. The van der Waals surface area contributed by atoms with E-state index in [2.05, 4.69) is 5.32 Å². The summed E-state index contributed by atoms with van der Waals surface area (Å²) >= 11 is 1.72. The first-order valence-electron chi connectivity index (χ1n) is 7.90. The maximum Gasteiger partial charge on any atom is 0.251 e. The van der Waals surface area contributed by atoms with E-state index in [0.29, 0.717) is 25.3 Å². The maximum atomic E-state index is 12.4. The molecule has 0 aliphatic carbocycles. The summed E-state index contributed by atoms with van der Waals surface area (Å²) in [6, 6.07) is 5.58. The highest BCUT2D eigenvalue weighted by Crippen LogP contribution is 2.36. The predicted octanol–water partition coefficient (Wildman–Crippen LogP) is 2.55. The zero-order valence-electron chi connectivity index (χ0n) is 13.9. The summed E-state index contributed by atoms with van der Waals surface area (Å²) < 4.78 is 4.97. The molecule has 0 atom stereocenters. The fraction of sp³-hybridized carbons (Fsp3) is 0.529. The van der Waals surface area contributed by atoms with Crippen molar-refractivity contribution in [2.45, 2.75) is 25.2 Å². The first-order chi connectivity index (χ1) is 11.0. The van der Waals surface area contributed by atoms with Gasteiger partial charge in [-0.3, -0.25) is 9.59 Å². The van der Waals surface area contributed by atoms with Crippen LogP contribution in [0.3, 0.4) is 0 Å². The van der Waals surface area contributed by atoms with E-state index in [1.54, 1.807) is 23.8 Å². The highest BCUT2D eigenvalue weighted by Gasteiger charge is 2.25. The van der Waals surface area contributed by atoms with Crippen LogP contribution in [-0.4, -0.2) is 44.4 Å². The van der Waals surface area contributed by atoms with Gasteiger partial charge in [0, 0.05) is 48.9 Å². The Morgan fingerprint density at radius 3 is 2.87 bits per heavy atom. The van der Waals surface area contributed by atoms with Crippen molar-refractivity contribution in [3.63, 3.8) is 0 Å². The highest BCUT2D eigenvalue weighted by molar-refractivity contribution is 7.99. The number of nitrogens with one attached hydrogen (secondary N) is 1. The fourth-order valence-corrected chi connectivity index (χ4v) is 3.40. The van der Waals surface area contributed by atoms with E-state index in [4.69, 9.17) is 4.74 Å². The number of carbonyl (C=O) groups excluding carboxylic acids is 2. The molecule has 6 heteroatoms. The van der Waals surface area contributed by atoms with Crippen molar-refractivity contribution in [1.29, 1.82) is 0 Å². The first kappa shape index (κ1) is 17.8. The molecule has 1 aliphatic rings. The van der Waals surface area contributed by atoms with Crippen LogP contribution in [0.2, 0.25) is 0 Å². The molecule has 1 aromatic carbocycles. The number of rotatable bonds is 6. The average molecular weight is 336 g/mol. The van der Waals surface area contributed by atoms with Crippen LogP contribution in [0.1, 0.15) is 30.6 Å². The van der Waals surface area contributed by atoms with Crippen LogP contribution in [0, 0.1) is 5.92 Å². The Balaban J connectivity index is 2.14. The molecular formula is C17H24N2O3S. The van der Waals surface area contributed by atoms with E-state index in [-0.39, 0.29) is 17.7 Å². The predicted molar refractivity (Wildman–Crippen MR) is 93.2 cm³/mol. The molecule has 2 rings (SSSR count). The van der Waals surface area contributed by atoms with Crippen LogP contribution in [0.5, 0.6) is 0 Å². The number of fused-ring (bicyclic) bond motifs is 1. The van der Waals surface area contributed by atoms with Gasteiger partial charge in [-0.05, 0) is 24.6 Å². The third-order valence-corrected chi connectivity index (χ3v) is 4.70. The Labute approximate surface area is 141 Å². The third kappa shape index (κ3) is 4.48. The molecular weight excluding hydrogens is 312 g/mol. The lowest BCUT2D eigenvalue weighted by molar-refractivity contribution is -0.121. The molecule has 1 aromatic rings. The number of amides is 2. The Kier molecular flexibility index (Phi) is 6.47. The van der Waals surface area contributed by atoms with Crippen molar-refractivity contribution in [1.82, 2.24) is 5.32 Å². The number of ether oxygens (including phenoxy) is 1. The van der Waals surface area contributed by atoms with Crippen LogP contribution in [0.25, 0.3) is 0 Å². The van der Waals surface area contributed by atoms with Gasteiger partial charge < -0.3 is 15.0 Å². The van der Waals surface area contributed by atoms with Crippen molar-refractivity contribution in [2.24, 2.45) is 5.92 Å². The fourth-order valence-electron chi connectivity index (χ4n) is 2.42. The minimum absolute atomic E-state index is 0.0579. The number of methoxy groups -OCH3 is 1. The maximum absolute atomic E-state index is 12.4. The second-order valence-electron chi connectivity index (χ2n) is 5.78. The largest absolute Gasteiger partial charge is 0.385 e. The molecule has 0 aromatic heterocycles. The summed E-state index contributed by atoms with van der Waals surface area (Å²) in [6.45, 7) is 5.69. The molecule has 23 heavy (non-hydrogen) atoms. The number of benzene rings is 1. The smallest absolute Gasteiger partial charge is 0.251 e. The summed E-state index contributed by atoms with van der Waals surface area (Å²) in [4.78, 5) is 27.5. The van der Waals surface area contributed by atoms with E-state index < -0.39 is 0 Å². The second kappa shape index (κ2) is 8.36. The Morgan fingerprint density at radius 2 is 2.17 bits per heavy atom. The lowest BCUT2D eigenvalue weighted by Gasteiger charge is -2.30. The summed E-state index contributed by atoms with van der Waals surface area (Å²) in [5, 5.41) is 2.88. The van der Waals surface area contributed by atoms with Crippen molar-refractivity contribution < 1.29 is 14.3 Å². The zero-order chi connectivity index (χ0) is 16.8.